The lowest BCUT2D eigenvalue weighted by molar-refractivity contribution is -0.141. The van der Waals surface area contributed by atoms with Crippen molar-refractivity contribution in [3.63, 3.8) is 0 Å². The number of ether oxygens (including phenoxy) is 1. The third-order valence-electron chi connectivity index (χ3n) is 4.89. The second kappa shape index (κ2) is 8.14. The quantitative estimate of drug-likeness (QED) is 0.668. The Balaban J connectivity index is 1.41. The van der Waals surface area contributed by atoms with Crippen LogP contribution in [0.25, 0.3) is 11.4 Å². The number of aromatic nitrogens is 3. The molecule has 8 nitrogen and oxygen atoms in total. The Hall–Kier alpha value is -3.68. The summed E-state index contributed by atoms with van der Waals surface area (Å²) < 4.78 is 5.78. The van der Waals surface area contributed by atoms with E-state index in [9.17, 15) is 14.7 Å². The van der Waals surface area contributed by atoms with Crippen LogP contribution in [0.1, 0.15) is 28.8 Å². The van der Waals surface area contributed by atoms with Gasteiger partial charge in [0.15, 0.2) is 0 Å². The third kappa shape index (κ3) is 4.11. The van der Waals surface area contributed by atoms with Crippen molar-refractivity contribution < 1.29 is 19.4 Å². The highest BCUT2D eigenvalue weighted by atomic mass is 16.5. The lowest BCUT2D eigenvalue weighted by Crippen LogP contribution is -2.40. The van der Waals surface area contributed by atoms with Gasteiger partial charge in [-0.15, -0.1) is 0 Å². The summed E-state index contributed by atoms with van der Waals surface area (Å²) in [5, 5.41) is 16.1. The summed E-state index contributed by atoms with van der Waals surface area (Å²) in [5.41, 5.74) is 2.87. The van der Waals surface area contributed by atoms with E-state index in [2.05, 4.69) is 15.2 Å². The molecule has 2 aromatic heterocycles. The molecule has 0 radical (unpaired) electrons. The van der Waals surface area contributed by atoms with E-state index in [1.54, 1.807) is 30.6 Å². The molecule has 0 spiro atoms. The number of likely N-dealkylation sites (tertiary alicyclic amines) is 1. The number of rotatable bonds is 6. The maximum Gasteiger partial charge on any atom is 0.326 e. The van der Waals surface area contributed by atoms with Gasteiger partial charge in [0.1, 0.15) is 18.4 Å². The van der Waals surface area contributed by atoms with E-state index in [1.807, 2.05) is 24.3 Å². The van der Waals surface area contributed by atoms with Crippen LogP contribution in [0.5, 0.6) is 5.75 Å². The number of hydrogen-bond acceptors (Lipinski definition) is 5. The molecular weight excluding hydrogens is 372 g/mol. The SMILES string of the molecule is O=C(O)[C@@H]1CCCN1C(=O)c1cccc(COc2ccc(-c3ccn[nH]3)nc2)c1. The standard InChI is InChI=1S/C21H20N4O4/c26-20(25-10-2-5-19(25)21(27)28)15-4-1-3-14(11-15)13-29-16-6-7-17(22-12-16)18-8-9-23-24-18/h1,3-4,6-9,11-12,19H,2,5,10,13H2,(H,23,24)(H,27,28)/t19-/m0/s1. The fourth-order valence-electron chi connectivity index (χ4n) is 3.42. The van der Waals surface area contributed by atoms with Gasteiger partial charge in [0.05, 0.1) is 17.6 Å². The predicted molar refractivity (Wildman–Crippen MR) is 104 cm³/mol. The molecule has 0 aliphatic carbocycles. The molecule has 1 aliphatic rings. The van der Waals surface area contributed by atoms with Crippen LogP contribution in [-0.4, -0.2) is 49.7 Å². The highest BCUT2D eigenvalue weighted by Gasteiger charge is 2.34. The average Bonchev–Trinajstić information content (AvgIpc) is 3.44. The van der Waals surface area contributed by atoms with Gasteiger partial charge in [0.25, 0.3) is 5.91 Å². The fraction of sp³-hybridized carbons (Fsp3) is 0.238. The van der Waals surface area contributed by atoms with Crippen molar-refractivity contribution in [2.45, 2.75) is 25.5 Å². The van der Waals surface area contributed by atoms with Crippen molar-refractivity contribution in [1.82, 2.24) is 20.1 Å². The van der Waals surface area contributed by atoms with Crippen LogP contribution in [0, 0.1) is 0 Å². The zero-order chi connectivity index (χ0) is 20.2. The van der Waals surface area contributed by atoms with Crippen LogP contribution < -0.4 is 4.74 Å². The normalized spacial score (nSPS) is 16.0. The molecule has 0 bridgehead atoms. The molecule has 1 amide bonds. The van der Waals surface area contributed by atoms with E-state index in [0.29, 0.717) is 30.7 Å². The van der Waals surface area contributed by atoms with Gasteiger partial charge < -0.3 is 14.7 Å². The topological polar surface area (TPSA) is 108 Å². The Morgan fingerprint density at radius 2 is 2.14 bits per heavy atom. The summed E-state index contributed by atoms with van der Waals surface area (Å²) in [6.07, 6.45) is 4.49. The summed E-state index contributed by atoms with van der Waals surface area (Å²) >= 11 is 0. The van der Waals surface area contributed by atoms with E-state index in [0.717, 1.165) is 17.0 Å². The number of carbonyl (C=O) groups excluding carboxylic acids is 1. The highest BCUT2D eigenvalue weighted by molar-refractivity contribution is 5.97. The Morgan fingerprint density at radius 3 is 2.86 bits per heavy atom. The summed E-state index contributed by atoms with van der Waals surface area (Å²) in [6.45, 7) is 0.736. The van der Waals surface area contributed by atoms with Crippen molar-refractivity contribution in [3.8, 4) is 17.1 Å². The molecular formula is C21H20N4O4. The van der Waals surface area contributed by atoms with E-state index < -0.39 is 12.0 Å². The van der Waals surface area contributed by atoms with Gasteiger partial charge >= 0.3 is 5.97 Å². The first-order valence-electron chi connectivity index (χ1n) is 9.33. The second-order valence-electron chi connectivity index (χ2n) is 6.83. The van der Waals surface area contributed by atoms with E-state index in [1.165, 1.54) is 4.90 Å². The predicted octanol–water partition coefficient (Wildman–Crippen LogP) is 2.74. The van der Waals surface area contributed by atoms with Crippen molar-refractivity contribution in [3.05, 3.63) is 66.0 Å². The molecule has 2 N–H and O–H groups in total. The first-order valence-corrected chi connectivity index (χ1v) is 9.33. The van der Waals surface area contributed by atoms with Crippen LogP contribution in [-0.2, 0) is 11.4 Å². The molecule has 4 rings (SSSR count). The second-order valence-corrected chi connectivity index (χ2v) is 6.83. The number of benzene rings is 1. The van der Waals surface area contributed by atoms with Crippen LogP contribution in [0.2, 0.25) is 0 Å². The van der Waals surface area contributed by atoms with Gasteiger partial charge in [-0.25, -0.2) is 4.79 Å². The smallest absolute Gasteiger partial charge is 0.326 e. The first kappa shape index (κ1) is 18.7. The van der Waals surface area contributed by atoms with Gasteiger partial charge in [-0.2, -0.15) is 5.10 Å². The Kier molecular flexibility index (Phi) is 5.24. The van der Waals surface area contributed by atoms with Crippen LogP contribution in [0.4, 0.5) is 0 Å². The number of pyridine rings is 1. The van der Waals surface area contributed by atoms with Crippen molar-refractivity contribution in [1.29, 1.82) is 0 Å². The molecule has 1 fully saturated rings. The largest absolute Gasteiger partial charge is 0.487 e. The molecule has 3 heterocycles. The van der Waals surface area contributed by atoms with Crippen LogP contribution in [0.3, 0.4) is 0 Å². The van der Waals surface area contributed by atoms with Gasteiger partial charge in [-0.05, 0) is 48.7 Å². The van der Waals surface area contributed by atoms with Gasteiger partial charge in [0, 0.05) is 18.3 Å². The maximum atomic E-state index is 12.7. The van der Waals surface area contributed by atoms with Crippen molar-refractivity contribution in [2.24, 2.45) is 0 Å². The zero-order valence-electron chi connectivity index (χ0n) is 15.6. The first-order chi connectivity index (χ1) is 14.1. The fourth-order valence-corrected chi connectivity index (χ4v) is 3.42. The Morgan fingerprint density at radius 1 is 1.24 bits per heavy atom. The Bertz CT molecular complexity index is 1000. The number of H-pyrrole nitrogens is 1. The lowest BCUT2D eigenvalue weighted by Gasteiger charge is -2.21. The summed E-state index contributed by atoms with van der Waals surface area (Å²) in [6, 6.07) is 11.8. The minimum atomic E-state index is -0.957. The number of nitrogens with one attached hydrogen (secondary N) is 1. The monoisotopic (exact) mass is 392 g/mol. The molecule has 1 atom stereocenters. The summed E-state index contributed by atoms with van der Waals surface area (Å²) in [5.74, 6) is -0.612. The van der Waals surface area contributed by atoms with Gasteiger partial charge in [0.2, 0.25) is 0 Å². The highest BCUT2D eigenvalue weighted by Crippen LogP contribution is 2.22. The maximum absolute atomic E-state index is 12.7. The van der Waals surface area contributed by atoms with Crippen LogP contribution >= 0.6 is 0 Å². The molecule has 8 heteroatoms. The third-order valence-corrected chi connectivity index (χ3v) is 4.89. The number of amides is 1. The van der Waals surface area contributed by atoms with Gasteiger partial charge in [-0.3, -0.25) is 14.9 Å². The van der Waals surface area contributed by atoms with E-state index in [4.69, 9.17) is 4.74 Å². The van der Waals surface area contributed by atoms with Crippen molar-refractivity contribution in [2.75, 3.05) is 6.54 Å². The number of carboxylic acid groups (broad SMARTS) is 1. The van der Waals surface area contributed by atoms with Gasteiger partial charge in [-0.1, -0.05) is 12.1 Å². The molecule has 1 aromatic carbocycles. The molecule has 1 saturated heterocycles. The van der Waals surface area contributed by atoms with E-state index in [-0.39, 0.29) is 12.5 Å². The molecule has 0 saturated carbocycles. The van der Waals surface area contributed by atoms with Crippen molar-refractivity contribution >= 4 is 11.9 Å². The summed E-state index contributed by atoms with van der Waals surface area (Å²) in [4.78, 5) is 29.9. The number of carbonyl (C=O) groups is 2. The molecule has 148 valence electrons. The zero-order valence-corrected chi connectivity index (χ0v) is 15.6. The van der Waals surface area contributed by atoms with E-state index >= 15 is 0 Å². The number of hydrogen-bond donors (Lipinski definition) is 2. The summed E-state index contributed by atoms with van der Waals surface area (Å²) in [7, 11) is 0. The lowest BCUT2D eigenvalue weighted by atomic mass is 10.1. The molecule has 3 aromatic rings. The number of aromatic amines is 1. The number of aliphatic carboxylic acids is 1. The van der Waals surface area contributed by atoms with Crippen LogP contribution in [0.15, 0.2) is 54.9 Å². The minimum absolute atomic E-state index is 0.262. The average molecular weight is 392 g/mol. The number of carboxylic acids is 1. The number of nitrogens with zero attached hydrogens (tertiary/aromatic N) is 3. The minimum Gasteiger partial charge on any atom is -0.487 e. The Labute approximate surface area is 167 Å². The molecule has 1 aliphatic heterocycles. The molecule has 0 unspecified atom stereocenters. The molecule has 29 heavy (non-hydrogen) atoms.